The molecule has 1 saturated heterocycles. The highest BCUT2D eigenvalue weighted by molar-refractivity contribution is 7.90. The van der Waals surface area contributed by atoms with Gasteiger partial charge in [-0.1, -0.05) is 0 Å². The molecule has 2 rings (SSSR count). The second-order valence-electron chi connectivity index (χ2n) is 4.76. The summed E-state index contributed by atoms with van der Waals surface area (Å²) in [7, 11) is -7.50. The molecule has 1 aromatic rings. The first kappa shape index (κ1) is 15.4. The Kier molecular flexibility index (Phi) is 4.19. The first-order valence-electron chi connectivity index (χ1n) is 6.28. The third kappa shape index (κ3) is 3.03. The Bertz CT molecular complexity index is 680. The highest BCUT2D eigenvalue weighted by Crippen LogP contribution is 2.22. The maximum Gasteiger partial charge on any atom is 0.262 e. The second-order valence-corrected chi connectivity index (χ2v) is 8.49. The summed E-state index contributed by atoms with van der Waals surface area (Å²) >= 11 is 0. The van der Waals surface area contributed by atoms with E-state index in [9.17, 15) is 16.8 Å². The van der Waals surface area contributed by atoms with Crippen molar-refractivity contribution in [2.75, 3.05) is 13.1 Å². The molecule has 0 spiro atoms. The van der Waals surface area contributed by atoms with Crippen molar-refractivity contribution >= 4 is 20.0 Å². The Labute approximate surface area is 118 Å². The molecule has 10 heteroatoms. The molecule has 20 heavy (non-hydrogen) atoms. The van der Waals surface area contributed by atoms with Crippen molar-refractivity contribution < 1.29 is 16.8 Å². The number of sulfonamides is 2. The molecule has 0 aromatic carbocycles. The van der Waals surface area contributed by atoms with E-state index in [1.807, 2.05) is 6.92 Å². The molecule has 0 radical (unpaired) electrons. The molecule has 1 unspecified atom stereocenters. The molecule has 0 saturated carbocycles. The van der Waals surface area contributed by atoms with E-state index in [0.29, 0.717) is 19.4 Å². The molecule has 8 nitrogen and oxygen atoms in total. The van der Waals surface area contributed by atoms with E-state index in [1.54, 1.807) is 4.57 Å². The van der Waals surface area contributed by atoms with E-state index in [-0.39, 0.29) is 18.1 Å². The summed E-state index contributed by atoms with van der Waals surface area (Å²) in [4.78, 5) is 3.87. The van der Waals surface area contributed by atoms with Crippen molar-refractivity contribution in [3.8, 4) is 0 Å². The fraction of sp³-hybridized carbons (Fsp3) is 0.700. The monoisotopic (exact) mass is 322 g/mol. The average molecular weight is 322 g/mol. The van der Waals surface area contributed by atoms with Gasteiger partial charge in [-0.3, -0.25) is 0 Å². The van der Waals surface area contributed by atoms with Gasteiger partial charge in [0, 0.05) is 25.8 Å². The van der Waals surface area contributed by atoms with Crippen LogP contribution in [0.4, 0.5) is 0 Å². The normalized spacial score (nSPS) is 22.0. The van der Waals surface area contributed by atoms with Crippen LogP contribution in [0.2, 0.25) is 0 Å². The van der Waals surface area contributed by atoms with Crippen LogP contribution in [-0.2, 0) is 26.6 Å². The number of nitrogens with two attached hydrogens (primary N) is 1. The third-order valence-electron chi connectivity index (χ3n) is 3.38. The highest BCUT2D eigenvalue weighted by atomic mass is 32.2. The molecule has 1 aliphatic heterocycles. The molecule has 2 heterocycles. The summed E-state index contributed by atoms with van der Waals surface area (Å²) < 4.78 is 50.4. The number of piperidine rings is 1. The topological polar surface area (TPSA) is 115 Å². The predicted molar refractivity (Wildman–Crippen MR) is 72.8 cm³/mol. The Morgan fingerprint density at radius 1 is 1.40 bits per heavy atom. The number of aryl methyl sites for hydroxylation is 1. The van der Waals surface area contributed by atoms with Gasteiger partial charge >= 0.3 is 0 Å². The molecular formula is C10H18N4O4S2. The molecule has 0 bridgehead atoms. The van der Waals surface area contributed by atoms with Gasteiger partial charge in [0.25, 0.3) is 10.0 Å². The number of aromatic nitrogens is 2. The van der Waals surface area contributed by atoms with Gasteiger partial charge in [0.05, 0.1) is 11.6 Å². The van der Waals surface area contributed by atoms with E-state index in [1.165, 1.54) is 12.5 Å². The van der Waals surface area contributed by atoms with E-state index < -0.39 is 25.3 Å². The molecule has 1 aliphatic rings. The van der Waals surface area contributed by atoms with Crippen molar-refractivity contribution in [1.82, 2.24) is 13.9 Å². The molecule has 0 amide bonds. The number of primary sulfonamides is 1. The quantitative estimate of drug-likeness (QED) is 0.790. The van der Waals surface area contributed by atoms with Crippen molar-refractivity contribution in [3.05, 3.63) is 12.5 Å². The van der Waals surface area contributed by atoms with Crippen LogP contribution in [0.25, 0.3) is 0 Å². The third-order valence-corrected chi connectivity index (χ3v) is 6.45. The van der Waals surface area contributed by atoms with Gasteiger partial charge in [-0.25, -0.2) is 27.0 Å². The van der Waals surface area contributed by atoms with Crippen molar-refractivity contribution in [3.63, 3.8) is 0 Å². The van der Waals surface area contributed by atoms with E-state index >= 15 is 0 Å². The van der Waals surface area contributed by atoms with E-state index in [2.05, 4.69) is 4.98 Å². The van der Waals surface area contributed by atoms with Gasteiger partial charge in [-0.05, 0) is 19.8 Å². The van der Waals surface area contributed by atoms with E-state index in [0.717, 1.165) is 4.31 Å². The largest absolute Gasteiger partial charge is 0.336 e. The van der Waals surface area contributed by atoms with Gasteiger partial charge in [-0.15, -0.1) is 0 Å². The molecule has 0 aliphatic carbocycles. The molecule has 1 atom stereocenters. The standard InChI is InChI=1S/C10H18N4O4S2/c1-2-13-7-10(12-8-13)20(17,18)14-5-3-4-9(6-14)19(11,15)16/h7-9H,2-6H2,1H3,(H2,11,15,16). The molecular weight excluding hydrogens is 304 g/mol. The fourth-order valence-electron chi connectivity index (χ4n) is 2.17. The Hall–Kier alpha value is -0.970. The SMILES string of the molecule is CCn1cnc(S(=O)(=O)N2CCCC(S(N)(=O)=O)C2)c1. The number of hydrogen-bond donors (Lipinski definition) is 1. The van der Waals surface area contributed by atoms with Crippen LogP contribution in [0.1, 0.15) is 19.8 Å². The van der Waals surface area contributed by atoms with Crippen LogP contribution in [0, 0.1) is 0 Å². The maximum atomic E-state index is 12.4. The van der Waals surface area contributed by atoms with Gasteiger partial charge in [0.1, 0.15) is 0 Å². The van der Waals surface area contributed by atoms with Gasteiger partial charge in [0.15, 0.2) is 5.03 Å². The zero-order valence-electron chi connectivity index (χ0n) is 11.1. The number of hydrogen-bond acceptors (Lipinski definition) is 5. The average Bonchev–Trinajstić information content (AvgIpc) is 2.87. The lowest BCUT2D eigenvalue weighted by atomic mass is 10.2. The lowest BCUT2D eigenvalue weighted by Gasteiger charge is -2.29. The first-order chi connectivity index (χ1) is 9.25. The number of imidazole rings is 1. The van der Waals surface area contributed by atoms with Crippen molar-refractivity contribution in [2.24, 2.45) is 5.14 Å². The second kappa shape index (κ2) is 5.43. The minimum Gasteiger partial charge on any atom is -0.336 e. The van der Waals surface area contributed by atoms with Crippen LogP contribution in [0.3, 0.4) is 0 Å². The van der Waals surface area contributed by atoms with Crippen LogP contribution >= 0.6 is 0 Å². The highest BCUT2D eigenvalue weighted by Gasteiger charge is 2.35. The van der Waals surface area contributed by atoms with Crippen LogP contribution in [0.15, 0.2) is 17.6 Å². The smallest absolute Gasteiger partial charge is 0.262 e. The van der Waals surface area contributed by atoms with E-state index in [4.69, 9.17) is 5.14 Å². The van der Waals surface area contributed by atoms with Gasteiger partial charge in [0.2, 0.25) is 10.0 Å². The predicted octanol–water partition coefficient (Wildman–Crippen LogP) is -0.655. The molecule has 2 N–H and O–H groups in total. The van der Waals surface area contributed by atoms with Gasteiger partial charge < -0.3 is 4.57 Å². The van der Waals surface area contributed by atoms with Crippen molar-refractivity contribution in [1.29, 1.82) is 0 Å². The first-order valence-corrected chi connectivity index (χ1v) is 9.33. The van der Waals surface area contributed by atoms with Crippen LogP contribution < -0.4 is 5.14 Å². The zero-order valence-corrected chi connectivity index (χ0v) is 12.8. The molecule has 114 valence electrons. The summed E-state index contributed by atoms with van der Waals surface area (Å²) in [6.45, 7) is 2.66. The lowest BCUT2D eigenvalue weighted by molar-refractivity contribution is 0.345. The summed E-state index contributed by atoms with van der Waals surface area (Å²) in [6.07, 6.45) is 3.73. The maximum absolute atomic E-state index is 12.4. The van der Waals surface area contributed by atoms with Crippen molar-refractivity contribution in [2.45, 2.75) is 36.6 Å². The summed E-state index contributed by atoms with van der Waals surface area (Å²) in [5.41, 5.74) is 0. The van der Waals surface area contributed by atoms with Crippen LogP contribution in [0.5, 0.6) is 0 Å². The number of nitrogens with zero attached hydrogens (tertiary/aromatic N) is 3. The van der Waals surface area contributed by atoms with Gasteiger partial charge in [-0.2, -0.15) is 4.31 Å². The lowest BCUT2D eigenvalue weighted by Crippen LogP contribution is -2.47. The molecule has 1 fully saturated rings. The fourth-order valence-corrected chi connectivity index (χ4v) is 4.61. The number of rotatable bonds is 4. The Morgan fingerprint density at radius 3 is 2.65 bits per heavy atom. The summed E-state index contributed by atoms with van der Waals surface area (Å²) in [5.74, 6) is 0. The zero-order chi connectivity index (χ0) is 15.0. The summed E-state index contributed by atoms with van der Waals surface area (Å²) in [5, 5.41) is 4.20. The molecule has 1 aromatic heterocycles. The summed E-state index contributed by atoms with van der Waals surface area (Å²) in [6, 6.07) is 0. The van der Waals surface area contributed by atoms with Crippen LogP contribution in [-0.4, -0.2) is 49.0 Å². The minimum atomic E-state index is -3.76. The minimum absolute atomic E-state index is 0.0607. The Morgan fingerprint density at radius 2 is 2.10 bits per heavy atom. The Balaban J connectivity index is 2.25.